The van der Waals surface area contributed by atoms with Crippen molar-refractivity contribution in [2.75, 3.05) is 13.2 Å². The molecule has 0 aromatic carbocycles. The first kappa shape index (κ1) is 14.5. The SMILES string of the molecule is CCOCC(C)(C)c1nncn(N=C(C)C)c1=O. The minimum absolute atomic E-state index is 0.254. The Hall–Kier alpha value is -1.56. The van der Waals surface area contributed by atoms with Crippen molar-refractivity contribution in [2.45, 2.75) is 40.0 Å². The summed E-state index contributed by atoms with van der Waals surface area (Å²) in [5.74, 6) is 0. The minimum atomic E-state index is -0.486. The predicted octanol–water partition coefficient (Wildman–Crippen LogP) is 1.20. The van der Waals surface area contributed by atoms with Crippen LogP contribution in [0.4, 0.5) is 0 Å². The fourth-order valence-corrected chi connectivity index (χ4v) is 1.47. The summed E-state index contributed by atoms with van der Waals surface area (Å²) in [6, 6.07) is 0. The molecule has 6 heteroatoms. The second-order valence-electron chi connectivity index (χ2n) is 4.90. The van der Waals surface area contributed by atoms with E-state index in [1.165, 1.54) is 11.0 Å². The maximum atomic E-state index is 12.2. The highest BCUT2D eigenvalue weighted by atomic mass is 16.5. The van der Waals surface area contributed by atoms with E-state index in [0.29, 0.717) is 18.9 Å². The summed E-state index contributed by atoms with van der Waals surface area (Å²) in [6.45, 7) is 10.4. The Labute approximate surface area is 107 Å². The second kappa shape index (κ2) is 5.86. The van der Waals surface area contributed by atoms with E-state index in [4.69, 9.17) is 4.74 Å². The molecule has 1 heterocycles. The summed E-state index contributed by atoms with van der Waals surface area (Å²) >= 11 is 0. The number of nitrogens with zero attached hydrogens (tertiary/aromatic N) is 4. The van der Waals surface area contributed by atoms with Gasteiger partial charge in [-0.25, -0.2) is 0 Å². The Morgan fingerprint density at radius 2 is 2.17 bits per heavy atom. The van der Waals surface area contributed by atoms with Gasteiger partial charge in [0.1, 0.15) is 12.0 Å². The first-order valence-corrected chi connectivity index (χ1v) is 5.93. The van der Waals surface area contributed by atoms with E-state index >= 15 is 0 Å². The molecule has 0 amide bonds. The van der Waals surface area contributed by atoms with Gasteiger partial charge >= 0.3 is 0 Å². The third-order valence-corrected chi connectivity index (χ3v) is 2.35. The normalized spacial score (nSPS) is 11.4. The standard InChI is InChI=1S/C12H20N4O2/c1-6-18-7-12(4,5)10-11(17)16(8-13-14-10)15-9(2)3/h8H,6-7H2,1-5H3. The molecule has 0 aliphatic carbocycles. The van der Waals surface area contributed by atoms with Crippen molar-refractivity contribution in [3.8, 4) is 0 Å². The van der Waals surface area contributed by atoms with Crippen molar-refractivity contribution in [3.05, 3.63) is 22.4 Å². The molecule has 100 valence electrons. The van der Waals surface area contributed by atoms with Crippen LogP contribution in [0.5, 0.6) is 0 Å². The zero-order valence-electron chi connectivity index (χ0n) is 11.6. The number of aromatic nitrogens is 3. The summed E-state index contributed by atoms with van der Waals surface area (Å²) in [7, 11) is 0. The highest BCUT2D eigenvalue weighted by Gasteiger charge is 2.27. The van der Waals surface area contributed by atoms with Gasteiger partial charge in [0.2, 0.25) is 0 Å². The molecular formula is C12H20N4O2. The zero-order valence-corrected chi connectivity index (χ0v) is 11.6. The molecule has 0 unspecified atom stereocenters. The Kier molecular flexibility index (Phi) is 4.72. The number of hydrogen-bond donors (Lipinski definition) is 0. The molecule has 0 N–H and O–H groups in total. The summed E-state index contributed by atoms with van der Waals surface area (Å²) in [6.07, 6.45) is 1.32. The highest BCUT2D eigenvalue weighted by Crippen LogP contribution is 2.17. The van der Waals surface area contributed by atoms with Gasteiger partial charge in [0.05, 0.1) is 6.61 Å². The lowest BCUT2D eigenvalue weighted by Gasteiger charge is -2.22. The maximum Gasteiger partial charge on any atom is 0.296 e. The lowest BCUT2D eigenvalue weighted by Crippen LogP contribution is -2.36. The molecule has 0 spiro atoms. The molecule has 0 saturated carbocycles. The molecule has 0 aliphatic heterocycles. The number of hydrogen-bond acceptors (Lipinski definition) is 5. The van der Waals surface area contributed by atoms with Gasteiger partial charge in [-0.2, -0.15) is 9.78 Å². The molecule has 1 aromatic heterocycles. The van der Waals surface area contributed by atoms with E-state index in [9.17, 15) is 4.79 Å². The van der Waals surface area contributed by atoms with Crippen LogP contribution in [0.25, 0.3) is 0 Å². The van der Waals surface area contributed by atoms with Gasteiger partial charge in [-0.05, 0) is 20.8 Å². The van der Waals surface area contributed by atoms with Gasteiger partial charge in [-0.15, -0.1) is 10.2 Å². The molecular weight excluding hydrogens is 232 g/mol. The van der Waals surface area contributed by atoms with E-state index < -0.39 is 5.41 Å². The third kappa shape index (κ3) is 3.46. The van der Waals surface area contributed by atoms with Crippen LogP contribution in [0.15, 0.2) is 16.2 Å². The quantitative estimate of drug-likeness (QED) is 0.738. The van der Waals surface area contributed by atoms with Crippen molar-refractivity contribution in [1.29, 1.82) is 0 Å². The lowest BCUT2D eigenvalue weighted by atomic mass is 9.91. The van der Waals surface area contributed by atoms with Crippen LogP contribution in [-0.4, -0.2) is 33.8 Å². The van der Waals surface area contributed by atoms with Gasteiger partial charge in [0, 0.05) is 17.7 Å². The number of ether oxygens (including phenoxy) is 1. The molecule has 1 aromatic rings. The first-order valence-electron chi connectivity index (χ1n) is 5.93. The van der Waals surface area contributed by atoms with Crippen molar-refractivity contribution in [3.63, 3.8) is 0 Å². The molecule has 0 atom stereocenters. The van der Waals surface area contributed by atoms with E-state index in [1.54, 1.807) is 0 Å². The van der Waals surface area contributed by atoms with Crippen molar-refractivity contribution >= 4 is 5.71 Å². The highest BCUT2D eigenvalue weighted by molar-refractivity contribution is 5.78. The predicted molar refractivity (Wildman–Crippen MR) is 70.0 cm³/mol. The topological polar surface area (TPSA) is 69.4 Å². The second-order valence-corrected chi connectivity index (χ2v) is 4.90. The van der Waals surface area contributed by atoms with Crippen LogP contribution in [0.3, 0.4) is 0 Å². The molecule has 0 radical (unpaired) electrons. The Morgan fingerprint density at radius 1 is 1.50 bits per heavy atom. The Bertz CT molecular complexity index is 487. The van der Waals surface area contributed by atoms with E-state index in [2.05, 4.69) is 15.3 Å². The summed E-state index contributed by atoms with van der Waals surface area (Å²) in [4.78, 5) is 12.2. The molecule has 0 aliphatic rings. The van der Waals surface area contributed by atoms with Gasteiger partial charge in [0.15, 0.2) is 0 Å². The van der Waals surface area contributed by atoms with Crippen LogP contribution in [0, 0.1) is 0 Å². The first-order chi connectivity index (χ1) is 8.38. The van der Waals surface area contributed by atoms with Crippen molar-refractivity contribution in [1.82, 2.24) is 14.9 Å². The molecule has 0 saturated heterocycles. The summed E-state index contributed by atoms with van der Waals surface area (Å²) in [5, 5.41) is 11.9. The fourth-order valence-electron chi connectivity index (χ4n) is 1.47. The van der Waals surface area contributed by atoms with Gasteiger partial charge in [-0.3, -0.25) is 4.79 Å². The van der Waals surface area contributed by atoms with Gasteiger partial charge in [-0.1, -0.05) is 13.8 Å². The average Bonchev–Trinajstić information content (AvgIpc) is 2.28. The monoisotopic (exact) mass is 252 g/mol. The van der Waals surface area contributed by atoms with Gasteiger partial charge in [0.25, 0.3) is 5.56 Å². The van der Waals surface area contributed by atoms with Crippen molar-refractivity contribution in [2.24, 2.45) is 5.10 Å². The van der Waals surface area contributed by atoms with Crippen LogP contribution >= 0.6 is 0 Å². The lowest BCUT2D eigenvalue weighted by molar-refractivity contribution is 0.103. The minimum Gasteiger partial charge on any atom is -0.381 e. The Morgan fingerprint density at radius 3 is 2.72 bits per heavy atom. The van der Waals surface area contributed by atoms with Crippen LogP contribution in [-0.2, 0) is 10.2 Å². The van der Waals surface area contributed by atoms with Gasteiger partial charge < -0.3 is 4.74 Å². The Balaban J connectivity index is 3.18. The summed E-state index contributed by atoms with van der Waals surface area (Å²) < 4.78 is 6.59. The fraction of sp³-hybridized carbons (Fsp3) is 0.667. The van der Waals surface area contributed by atoms with Crippen molar-refractivity contribution < 1.29 is 4.74 Å². The molecule has 0 fully saturated rings. The maximum absolute atomic E-state index is 12.2. The van der Waals surface area contributed by atoms with E-state index in [0.717, 1.165) is 5.71 Å². The molecule has 6 nitrogen and oxygen atoms in total. The third-order valence-electron chi connectivity index (χ3n) is 2.35. The summed E-state index contributed by atoms with van der Waals surface area (Å²) in [5.41, 5.74) is 0.401. The number of rotatable bonds is 5. The van der Waals surface area contributed by atoms with E-state index in [-0.39, 0.29) is 5.56 Å². The van der Waals surface area contributed by atoms with E-state index in [1.807, 2.05) is 34.6 Å². The molecule has 0 bridgehead atoms. The zero-order chi connectivity index (χ0) is 13.8. The van der Waals surface area contributed by atoms with Crippen LogP contribution < -0.4 is 5.56 Å². The smallest absolute Gasteiger partial charge is 0.296 e. The largest absolute Gasteiger partial charge is 0.381 e. The molecule has 1 rings (SSSR count). The van der Waals surface area contributed by atoms with Crippen LogP contribution in [0.1, 0.15) is 40.3 Å². The molecule has 18 heavy (non-hydrogen) atoms. The van der Waals surface area contributed by atoms with Crippen LogP contribution in [0.2, 0.25) is 0 Å². The average molecular weight is 252 g/mol.